The van der Waals surface area contributed by atoms with Gasteiger partial charge in [-0.1, -0.05) is 13.3 Å². The maximum absolute atomic E-state index is 14.9. The molecule has 0 saturated heterocycles. The van der Waals surface area contributed by atoms with Crippen molar-refractivity contribution in [3.05, 3.63) is 74.3 Å². The Morgan fingerprint density at radius 2 is 1.57 bits per heavy atom. The summed E-state index contributed by atoms with van der Waals surface area (Å²) in [5.74, 6) is -5.74. The molecule has 2 aromatic heterocycles. The molecule has 0 unspecified atom stereocenters. The van der Waals surface area contributed by atoms with Crippen LogP contribution in [0.3, 0.4) is 0 Å². The topological polar surface area (TPSA) is 334 Å². The number of aliphatic hydroxyl groups is 3. The Morgan fingerprint density at radius 3 is 2.28 bits per heavy atom. The van der Waals surface area contributed by atoms with Crippen molar-refractivity contribution < 1.29 is 72.3 Å². The molecule has 24 nitrogen and oxygen atoms in total. The Balaban J connectivity index is 0.931. The Bertz CT molecular complexity index is 2970. The van der Waals surface area contributed by atoms with Gasteiger partial charge in [-0.15, -0.1) is 0 Å². The molecule has 8 amide bonds. The highest BCUT2D eigenvalue weighted by molar-refractivity contribution is 6.12. The van der Waals surface area contributed by atoms with E-state index >= 15 is 0 Å². The molecular weight excluding hydrogens is 1060 g/mol. The summed E-state index contributed by atoms with van der Waals surface area (Å²) in [6, 6.07) is 1.08. The lowest BCUT2D eigenvalue weighted by Crippen LogP contribution is -2.55. The molecule has 440 valence electrons. The minimum Gasteiger partial charge on any atom is -0.458 e. The van der Waals surface area contributed by atoms with Gasteiger partial charge in [0.1, 0.15) is 37.3 Å². The number of aromatic nitrogens is 2. The molecule has 0 bridgehead atoms. The van der Waals surface area contributed by atoms with Gasteiger partial charge in [-0.05, 0) is 108 Å². The number of benzene rings is 1. The summed E-state index contributed by atoms with van der Waals surface area (Å²) in [7, 11) is 1.58. The van der Waals surface area contributed by atoms with Crippen LogP contribution in [0.25, 0.3) is 22.3 Å². The molecule has 25 heteroatoms. The minimum absolute atomic E-state index is 0.00721. The second-order valence-corrected chi connectivity index (χ2v) is 20.7. The van der Waals surface area contributed by atoms with Gasteiger partial charge < -0.3 is 60.8 Å². The number of fused-ring (bicyclic) bond motifs is 5. The Kier molecular flexibility index (Phi) is 22.3. The second-order valence-electron chi connectivity index (χ2n) is 20.7. The zero-order valence-corrected chi connectivity index (χ0v) is 46.5. The summed E-state index contributed by atoms with van der Waals surface area (Å²) in [5, 5.41) is 43.3. The van der Waals surface area contributed by atoms with Crippen molar-refractivity contribution in [2.24, 2.45) is 0 Å². The van der Waals surface area contributed by atoms with E-state index in [0.717, 1.165) is 21.4 Å². The van der Waals surface area contributed by atoms with Crippen LogP contribution in [0.5, 0.6) is 0 Å². The van der Waals surface area contributed by atoms with E-state index < -0.39 is 95.1 Å². The fraction of sp³-hybridized carbons (Fsp3) is 0.554. The molecule has 0 radical (unpaired) electrons. The highest BCUT2D eigenvalue weighted by Gasteiger charge is 2.45. The SMILES string of the molecule is CC[C@@]1(O)C(=O)OCc2c1cc1n(c2=O)Cc2c-1nc1cc(F)c(C)cc1c2CCCCOCNC(=O)CNC(=O)[C@H](C)NC(=O)[C@H](C)NC(=O)[C@H](CCC(=O)N(C)CCCC[C@H](O)CO)NC(=O)CCCCCN1C(=O)C=CC1=O. The smallest absolute Gasteiger partial charge is 0.343 e. The lowest BCUT2D eigenvalue weighted by atomic mass is 9.86. The summed E-state index contributed by atoms with van der Waals surface area (Å²) in [6.07, 6.45) is 5.65. The lowest BCUT2D eigenvalue weighted by Gasteiger charge is -2.31. The average molecular weight is 1130 g/mol. The molecule has 0 saturated carbocycles. The number of cyclic esters (lactones) is 1. The fourth-order valence-electron chi connectivity index (χ4n) is 9.78. The first-order chi connectivity index (χ1) is 38.6. The van der Waals surface area contributed by atoms with Gasteiger partial charge in [0.2, 0.25) is 35.4 Å². The number of imide groups is 1. The molecule has 5 atom stereocenters. The summed E-state index contributed by atoms with van der Waals surface area (Å²) in [5.41, 5.74) is 1.22. The molecular formula is C56H74FN9O15. The number of hydrogen-bond donors (Lipinski definition) is 8. The van der Waals surface area contributed by atoms with Crippen molar-refractivity contribution in [3.8, 4) is 11.4 Å². The van der Waals surface area contributed by atoms with E-state index in [2.05, 4.69) is 26.6 Å². The number of nitrogens with one attached hydrogen (secondary N) is 5. The minimum atomic E-state index is -2.00. The van der Waals surface area contributed by atoms with Crippen LogP contribution in [0.2, 0.25) is 0 Å². The molecule has 0 fully saturated rings. The highest BCUT2D eigenvalue weighted by Crippen LogP contribution is 2.41. The van der Waals surface area contributed by atoms with E-state index in [-0.39, 0.29) is 82.4 Å². The number of hydrogen-bond acceptors (Lipinski definition) is 16. The van der Waals surface area contributed by atoms with Gasteiger partial charge in [-0.3, -0.25) is 48.1 Å². The fourth-order valence-corrected chi connectivity index (χ4v) is 9.78. The van der Waals surface area contributed by atoms with Crippen molar-refractivity contribution in [1.82, 2.24) is 45.9 Å². The normalized spacial score (nSPS) is 16.7. The van der Waals surface area contributed by atoms with Crippen molar-refractivity contribution in [3.63, 3.8) is 0 Å². The standard InChI is InChI=1S/C56H74FN9O15/c1-6-56(79)40-25-44-50-38(28-66(44)54(77)39(40)30-81-55(56)78)36(37-24-32(2)41(57)26-43(37)63-50)15-10-13-23-80-31-59-46(70)27-58-51(74)33(3)60-52(75)34(4)61-53(76)42(17-18-47(71)64(5)21-12-9-14-35(68)29-67)62-45(69)16-8-7-11-22-65-48(72)19-20-49(65)73/h19-20,24-26,33-35,42,67-68,79H,6-18,21-23,27-31H2,1-5H3,(H,58,74)(H,59,70)(H,60,75)(H,61,76)(H,62,69)/t33-,34-,35-,42-,56-/m0/s1. The van der Waals surface area contributed by atoms with Crippen molar-refractivity contribution in [2.45, 2.75) is 154 Å². The van der Waals surface area contributed by atoms with Crippen LogP contribution in [0.1, 0.15) is 126 Å². The van der Waals surface area contributed by atoms with Crippen LogP contribution in [-0.2, 0) is 77.8 Å². The van der Waals surface area contributed by atoms with Crippen LogP contribution in [0.15, 0.2) is 35.1 Å². The maximum Gasteiger partial charge on any atom is 0.343 e. The van der Waals surface area contributed by atoms with Crippen LogP contribution >= 0.6 is 0 Å². The van der Waals surface area contributed by atoms with Gasteiger partial charge in [0.25, 0.3) is 17.4 Å². The van der Waals surface area contributed by atoms with E-state index in [1.54, 1.807) is 33.0 Å². The molecule has 3 aliphatic heterocycles. The van der Waals surface area contributed by atoms with Crippen LogP contribution in [-0.4, -0.2) is 159 Å². The Morgan fingerprint density at radius 1 is 0.852 bits per heavy atom. The predicted molar refractivity (Wildman–Crippen MR) is 289 cm³/mol. The molecule has 6 rings (SSSR count). The first kappa shape index (κ1) is 62.7. The lowest BCUT2D eigenvalue weighted by molar-refractivity contribution is -0.172. The van der Waals surface area contributed by atoms with E-state index in [1.165, 1.54) is 41.5 Å². The first-order valence-electron chi connectivity index (χ1n) is 27.5. The number of nitrogens with zero attached hydrogens (tertiary/aromatic N) is 4. The van der Waals surface area contributed by atoms with Crippen LogP contribution in [0, 0.1) is 12.7 Å². The number of amides is 8. The zero-order valence-electron chi connectivity index (χ0n) is 46.5. The average Bonchev–Trinajstić information content (AvgIpc) is 4.23. The third-order valence-corrected chi connectivity index (χ3v) is 14.8. The zero-order chi connectivity index (χ0) is 59.1. The Hall–Kier alpha value is -7.48. The van der Waals surface area contributed by atoms with Gasteiger partial charge >= 0.3 is 5.97 Å². The quantitative estimate of drug-likeness (QED) is 0.0150. The largest absolute Gasteiger partial charge is 0.458 e. The number of unbranched alkanes of at least 4 members (excludes halogenated alkanes) is 4. The van der Waals surface area contributed by atoms with Gasteiger partial charge in [0, 0.05) is 74.3 Å². The van der Waals surface area contributed by atoms with Crippen LogP contribution < -0.4 is 32.1 Å². The van der Waals surface area contributed by atoms with Gasteiger partial charge in [0.05, 0.1) is 48.3 Å². The summed E-state index contributed by atoms with van der Waals surface area (Å²) < 4.78 is 27.3. The number of carbonyl (C=O) groups is 9. The number of rotatable bonds is 31. The molecule has 5 heterocycles. The monoisotopic (exact) mass is 1130 g/mol. The predicted octanol–water partition coefficient (Wildman–Crippen LogP) is 0.798. The van der Waals surface area contributed by atoms with E-state index in [4.69, 9.17) is 19.6 Å². The molecule has 3 aliphatic rings. The van der Waals surface area contributed by atoms with Gasteiger partial charge in [0.15, 0.2) is 5.60 Å². The summed E-state index contributed by atoms with van der Waals surface area (Å²) in [4.78, 5) is 136. The van der Waals surface area contributed by atoms with E-state index in [0.29, 0.717) is 86.8 Å². The summed E-state index contributed by atoms with van der Waals surface area (Å²) >= 11 is 0. The molecule has 8 N–H and O–H groups in total. The molecule has 0 aliphatic carbocycles. The number of ether oxygens (including phenoxy) is 2. The number of aliphatic hydroxyl groups excluding tert-OH is 2. The number of pyridine rings is 2. The van der Waals surface area contributed by atoms with Gasteiger partial charge in [-0.2, -0.15) is 0 Å². The first-order valence-corrected chi connectivity index (χ1v) is 27.5. The Labute approximate surface area is 467 Å². The van der Waals surface area contributed by atoms with Crippen molar-refractivity contribution in [1.29, 1.82) is 0 Å². The van der Waals surface area contributed by atoms with Crippen molar-refractivity contribution >= 4 is 64.1 Å². The third kappa shape index (κ3) is 15.9. The number of halogens is 1. The molecule has 1 aromatic carbocycles. The number of carbonyl (C=O) groups excluding carboxylic acids is 9. The third-order valence-electron chi connectivity index (χ3n) is 14.8. The number of esters is 1. The van der Waals surface area contributed by atoms with Crippen molar-refractivity contribution in [2.75, 3.05) is 46.6 Å². The maximum atomic E-state index is 14.9. The molecule has 0 spiro atoms. The van der Waals surface area contributed by atoms with E-state index in [1.807, 2.05) is 0 Å². The number of aryl methyl sites for hydroxylation is 2. The molecule has 3 aromatic rings. The van der Waals surface area contributed by atoms with Gasteiger partial charge in [-0.25, -0.2) is 14.2 Å². The highest BCUT2D eigenvalue weighted by atomic mass is 19.1. The second kappa shape index (κ2) is 28.8. The van der Waals surface area contributed by atoms with E-state index in [9.17, 15) is 62.5 Å². The van der Waals surface area contributed by atoms with Crippen LogP contribution in [0.4, 0.5) is 4.39 Å². The molecule has 81 heavy (non-hydrogen) atoms. The summed E-state index contributed by atoms with van der Waals surface area (Å²) in [6.45, 7) is 5.67.